The van der Waals surface area contributed by atoms with Crippen LogP contribution < -0.4 is 10.1 Å². The van der Waals surface area contributed by atoms with Gasteiger partial charge < -0.3 is 19.5 Å². The number of halogens is 1. The molecule has 1 unspecified atom stereocenters. The zero-order valence-corrected chi connectivity index (χ0v) is 14.9. The van der Waals surface area contributed by atoms with Gasteiger partial charge in [-0.05, 0) is 43.5 Å². The van der Waals surface area contributed by atoms with Gasteiger partial charge in [0, 0.05) is 24.8 Å². The lowest BCUT2D eigenvalue weighted by atomic mass is 10.2. The smallest absolute Gasteiger partial charge is 0.157 e. The zero-order chi connectivity index (χ0) is 17.3. The molecule has 0 bridgehead atoms. The van der Waals surface area contributed by atoms with Gasteiger partial charge in [0.25, 0.3) is 0 Å². The van der Waals surface area contributed by atoms with Gasteiger partial charge in [0.2, 0.25) is 0 Å². The normalized spacial score (nSPS) is 17.2. The second-order valence-electron chi connectivity index (χ2n) is 5.92. The molecule has 1 fully saturated rings. The van der Waals surface area contributed by atoms with E-state index in [4.69, 9.17) is 25.8 Å². The van der Waals surface area contributed by atoms with Crippen molar-refractivity contribution in [2.75, 3.05) is 25.1 Å². The van der Waals surface area contributed by atoms with Crippen LogP contribution in [0, 0.1) is 6.07 Å². The molecule has 1 aliphatic heterocycles. The van der Waals surface area contributed by atoms with Crippen molar-refractivity contribution < 1.29 is 14.2 Å². The Morgan fingerprint density at radius 1 is 1.20 bits per heavy atom. The van der Waals surface area contributed by atoms with E-state index >= 15 is 0 Å². The summed E-state index contributed by atoms with van der Waals surface area (Å²) in [7, 11) is 0. The van der Waals surface area contributed by atoms with Crippen LogP contribution in [-0.2, 0) is 9.47 Å². The molecule has 2 aromatic carbocycles. The number of nitrogens with one attached hydrogen (secondary N) is 1. The molecular weight excluding hydrogens is 338 g/mol. The van der Waals surface area contributed by atoms with E-state index in [1.807, 2.05) is 36.4 Å². The Morgan fingerprint density at radius 3 is 2.96 bits per heavy atom. The molecular formula is C20H23ClNO3. The van der Waals surface area contributed by atoms with Crippen LogP contribution in [0.5, 0.6) is 5.75 Å². The fourth-order valence-electron chi connectivity index (χ4n) is 2.66. The number of ether oxygens (including phenoxy) is 3. The summed E-state index contributed by atoms with van der Waals surface area (Å²) >= 11 is 5.98. The van der Waals surface area contributed by atoms with E-state index in [-0.39, 0.29) is 6.29 Å². The molecule has 1 heterocycles. The molecule has 1 atom stereocenters. The Balaban J connectivity index is 1.46. The highest BCUT2D eigenvalue weighted by atomic mass is 35.5. The molecule has 1 aliphatic rings. The van der Waals surface area contributed by atoms with Crippen LogP contribution >= 0.6 is 11.6 Å². The molecule has 25 heavy (non-hydrogen) atoms. The molecule has 1 N–H and O–H groups in total. The van der Waals surface area contributed by atoms with Crippen molar-refractivity contribution in [2.24, 2.45) is 0 Å². The Morgan fingerprint density at radius 2 is 2.12 bits per heavy atom. The monoisotopic (exact) mass is 360 g/mol. The standard InChI is InChI=1S/C20H23ClNO3/c21-16-7-5-8-17(15-16)22-18-9-1-2-10-19(18)23-13-6-14-25-20-11-3-4-12-24-20/h1-2,5,8-10,15,20,22H,3-4,6,11-14H2. The first-order valence-corrected chi connectivity index (χ1v) is 9.08. The van der Waals surface area contributed by atoms with Crippen LogP contribution in [0.3, 0.4) is 0 Å². The highest BCUT2D eigenvalue weighted by molar-refractivity contribution is 6.30. The highest BCUT2D eigenvalue weighted by Gasteiger charge is 2.13. The minimum absolute atomic E-state index is 0.0395. The van der Waals surface area contributed by atoms with Crippen LogP contribution in [0.25, 0.3) is 0 Å². The van der Waals surface area contributed by atoms with Gasteiger partial charge in [-0.1, -0.05) is 29.8 Å². The number of hydrogen-bond acceptors (Lipinski definition) is 4. The van der Waals surface area contributed by atoms with Crippen LogP contribution in [0.2, 0.25) is 5.02 Å². The third kappa shape index (κ3) is 5.92. The average Bonchev–Trinajstić information content (AvgIpc) is 2.64. The Kier molecular flexibility index (Phi) is 6.98. The van der Waals surface area contributed by atoms with E-state index < -0.39 is 0 Å². The molecule has 1 radical (unpaired) electrons. The van der Waals surface area contributed by atoms with Gasteiger partial charge in [0.1, 0.15) is 5.75 Å². The predicted octanol–water partition coefficient (Wildman–Crippen LogP) is 5.20. The van der Waals surface area contributed by atoms with E-state index in [9.17, 15) is 0 Å². The number of anilines is 2. The molecule has 0 amide bonds. The van der Waals surface area contributed by atoms with Gasteiger partial charge in [-0.15, -0.1) is 0 Å². The lowest BCUT2D eigenvalue weighted by Crippen LogP contribution is -2.23. The van der Waals surface area contributed by atoms with Crippen molar-refractivity contribution in [3.8, 4) is 5.75 Å². The Bertz CT molecular complexity index is 659. The lowest BCUT2D eigenvalue weighted by Gasteiger charge is -2.22. The SMILES string of the molecule is Clc1[c]ccc(Nc2ccccc2OCCCOC2CCCCO2)c1. The van der Waals surface area contributed by atoms with Crippen LogP contribution in [-0.4, -0.2) is 26.1 Å². The van der Waals surface area contributed by atoms with Crippen molar-refractivity contribution in [3.05, 3.63) is 53.6 Å². The third-order valence-corrected chi connectivity index (χ3v) is 4.14. The minimum atomic E-state index is -0.0395. The van der Waals surface area contributed by atoms with Crippen molar-refractivity contribution in [3.63, 3.8) is 0 Å². The molecule has 2 aromatic rings. The first-order chi connectivity index (χ1) is 12.3. The topological polar surface area (TPSA) is 39.7 Å². The second kappa shape index (κ2) is 9.66. The van der Waals surface area contributed by atoms with E-state index in [2.05, 4.69) is 11.4 Å². The largest absolute Gasteiger partial charge is 0.491 e. The first-order valence-electron chi connectivity index (χ1n) is 8.70. The maximum atomic E-state index is 5.98. The summed E-state index contributed by atoms with van der Waals surface area (Å²) in [5, 5.41) is 3.90. The van der Waals surface area contributed by atoms with Crippen molar-refractivity contribution in [1.29, 1.82) is 0 Å². The predicted molar refractivity (Wildman–Crippen MR) is 99.7 cm³/mol. The molecule has 3 rings (SSSR count). The fraction of sp³-hybridized carbons (Fsp3) is 0.400. The average molecular weight is 361 g/mol. The van der Waals surface area contributed by atoms with Crippen molar-refractivity contribution in [2.45, 2.75) is 32.0 Å². The quantitative estimate of drug-likeness (QED) is 0.657. The molecule has 133 valence electrons. The van der Waals surface area contributed by atoms with Crippen LogP contribution in [0.1, 0.15) is 25.7 Å². The van der Waals surface area contributed by atoms with Gasteiger partial charge in [0.15, 0.2) is 6.29 Å². The molecule has 0 aromatic heterocycles. The summed E-state index contributed by atoms with van der Waals surface area (Å²) in [5.41, 5.74) is 1.80. The van der Waals surface area contributed by atoms with E-state index in [1.165, 1.54) is 6.42 Å². The summed E-state index contributed by atoms with van der Waals surface area (Å²) in [6.07, 6.45) is 4.09. The van der Waals surface area contributed by atoms with Crippen molar-refractivity contribution in [1.82, 2.24) is 0 Å². The summed E-state index contributed by atoms with van der Waals surface area (Å²) in [6, 6.07) is 16.3. The Labute approximate surface area is 154 Å². The summed E-state index contributed by atoms with van der Waals surface area (Å²) in [6.45, 7) is 2.04. The summed E-state index contributed by atoms with van der Waals surface area (Å²) in [5.74, 6) is 0.806. The molecule has 4 nitrogen and oxygen atoms in total. The molecule has 0 aliphatic carbocycles. The number of benzene rings is 2. The highest BCUT2D eigenvalue weighted by Crippen LogP contribution is 2.28. The number of rotatable bonds is 8. The van der Waals surface area contributed by atoms with Gasteiger partial charge in [0.05, 0.1) is 23.9 Å². The maximum Gasteiger partial charge on any atom is 0.157 e. The third-order valence-electron chi connectivity index (χ3n) is 3.92. The number of hydrogen-bond donors (Lipinski definition) is 1. The minimum Gasteiger partial charge on any atom is -0.491 e. The fourth-order valence-corrected chi connectivity index (χ4v) is 2.85. The van der Waals surface area contributed by atoms with Gasteiger partial charge in [-0.3, -0.25) is 0 Å². The van der Waals surface area contributed by atoms with Crippen LogP contribution in [0.15, 0.2) is 42.5 Å². The molecule has 1 saturated heterocycles. The first kappa shape index (κ1) is 18.1. The van der Waals surface area contributed by atoms with Crippen molar-refractivity contribution >= 4 is 23.0 Å². The van der Waals surface area contributed by atoms with Gasteiger partial charge in [-0.2, -0.15) is 0 Å². The summed E-state index contributed by atoms with van der Waals surface area (Å²) in [4.78, 5) is 0. The molecule has 0 saturated carbocycles. The van der Waals surface area contributed by atoms with Gasteiger partial charge in [-0.25, -0.2) is 0 Å². The van der Waals surface area contributed by atoms with E-state index in [0.29, 0.717) is 18.2 Å². The molecule has 0 spiro atoms. The maximum absolute atomic E-state index is 5.98. The van der Waals surface area contributed by atoms with E-state index in [0.717, 1.165) is 43.0 Å². The lowest BCUT2D eigenvalue weighted by molar-refractivity contribution is -0.163. The Hall–Kier alpha value is -1.75. The van der Waals surface area contributed by atoms with E-state index in [1.54, 1.807) is 6.07 Å². The number of para-hydroxylation sites is 2. The zero-order valence-electron chi connectivity index (χ0n) is 14.2. The molecule has 5 heteroatoms. The second-order valence-corrected chi connectivity index (χ2v) is 6.32. The summed E-state index contributed by atoms with van der Waals surface area (Å²) < 4.78 is 17.2. The van der Waals surface area contributed by atoms with Crippen LogP contribution in [0.4, 0.5) is 11.4 Å². The van der Waals surface area contributed by atoms with Gasteiger partial charge >= 0.3 is 0 Å².